The highest BCUT2D eigenvalue weighted by Gasteiger charge is 2.12. The zero-order valence-corrected chi connectivity index (χ0v) is 12.6. The van der Waals surface area contributed by atoms with Crippen molar-refractivity contribution in [3.8, 4) is 0 Å². The molecule has 7 nitrogen and oxygen atoms in total. The summed E-state index contributed by atoms with van der Waals surface area (Å²) in [6, 6.07) is 11.9. The highest BCUT2D eigenvalue weighted by molar-refractivity contribution is 5.75. The Morgan fingerprint density at radius 2 is 1.96 bits per heavy atom. The second-order valence-electron chi connectivity index (χ2n) is 5.23. The van der Waals surface area contributed by atoms with Gasteiger partial charge < -0.3 is 5.32 Å². The maximum Gasteiger partial charge on any atom is 0.285 e. The molecule has 0 bridgehead atoms. The number of benzene rings is 1. The number of nitrogens with zero attached hydrogens (tertiary/aromatic N) is 2. The number of rotatable bonds is 6. The van der Waals surface area contributed by atoms with Crippen LogP contribution in [0, 0.1) is 10.1 Å². The molecule has 0 aliphatic rings. The Kier molecular flexibility index (Phi) is 5.24. The van der Waals surface area contributed by atoms with Gasteiger partial charge in [-0.15, -0.1) is 0 Å². The van der Waals surface area contributed by atoms with E-state index in [9.17, 15) is 19.7 Å². The zero-order valence-electron chi connectivity index (χ0n) is 12.6. The lowest BCUT2D eigenvalue weighted by molar-refractivity contribution is -0.385. The molecule has 23 heavy (non-hydrogen) atoms. The first kappa shape index (κ1) is 16.4. The lowest BCUT2D eigenvalue weighted by Crippen LogP contribution is -2.33. The molecule has 1 aromatic heterocycles. The number of nitro groups is 1. The standard InChI is InChI=1S/C16H17N3O4/c1-12(13-5-3-2-4-6-13)9-17-15(20)11-18-10-14(19(22)23)7-8-16(18)21/h2-8,10,12H,9,11H2,1H3,(H,17,20). The minimum Gasteiger partial charge on any atom is -0.354 e. The fraction of sp³-hybridized carbons (Fsp3) is 0.250. The summed E-state index contributed by atoms with van der Waals surface area (Å²) in [6.45, 7) is 2.16. The van der Waals surface area contributed by atoms with Crippen molar-refractivity contribution in [2.75, 3.05) is 6.54 Å². The van der Waals surface area contributed by atoms with Crippen LogP contribution in [0.4, 0.5) is 5.69 Å². The smallest absolute Gasteiger partial charge is 0.285 e. The lowest BCUT2D eigenvalue weighted by atomic mass is 10.0. The monoisotopic (exact) mass is 315 g/mol. The fourth-order valence-electron chi connectivity index (χ4n) is 2.13. The predicted octanol–water partition coefficient (Wildman–Crippen LogP) is 1.68. The van der Waals surface area contributed by atoms with Gasteiger partial charge in [0.2, 0.25) is 5.91 Å². The molecule has 0 saturated heterocycles. The Balaban J connectivity index is 1.96. The topological polar surface area (TPSA) is 94.2 Å². The van der Waals surface area contributed by atoms with E-state index in [1.165, 1.54) is 0 Å². The minimum atomic E-state index is -0.606. The van der Waals surface area contributed by atoms with Crippen LogP contribution in [0.5, 0.6) is 0 Å². The van der Waals surface area contributed by atoms with Crippen molar-refractivity contribution >= 4 is 11.6 Å². The summed E-state index contributed by atoms with van der Waals surface area (Å²) in [7, 11) is 0. The predicted molar refractivity (Wildman–Crippen MR) is 85.2 cm³/mol. The molecule has 0 aliphatic carbocycles. The van der Waals surface area contributed by atoms with Gasteiger partial charge in [0.25, 0.3) is 11.2 Å². The molecule has 1 amide bonds. The van der Waals surface area contributed by atoms with Gasteiger partial charge in [0.15, 0.2) is 0 Å². The van der Waals surface area contributed by atoms with Crippen molar-refractivity contribution in [2.45, 2.75) is 19.4 Å². The molecule has 0 saturated carbocycles. The number of hydrogen-bond acceptors (Lipinski definition) is 4. The summed E-state index contributed by atoms with van der Waals surface area (Å²) >= 11 is 0. The maximum absolute atomic E-state index is 11.9. The Labute approximate surface area is 132 Å². The number of aromatic nitrogens is 1. The molecular formula is C16H17N3O4. The van der Waals surface area contributed by atoms with E-state index in [2.05, 4.69) is 5.32 Å². The van der Waals surface area contributed by atoms with E-state index >= 15 is 0 Å². The Morgan fingerprint density at radius 3 is 2.61 bits per heavy atom. The van der Waals surface area contributed by atoms with Gasteiger partial charge in [-0.2, -0.15) is 0 Å². The van der Waals surface area contributed by atoms with Crippen LogP contribution >= 0.6 is 0 Å². The second-order valence-corrected chi connectivity index (χ2v) is 5.23. The molecule has 1 heterocycles. The third-order valence-electron chi connectivity index (χ3n) is 3.47. The van der Waals surface area contributed by atoms with Gasteiger partial charge in [-0.25, -0.2) is 0 Å². The average Bonchev–Trinajstić information content (AvgIpc) is 2.55. The zero-order chi connectivity index (χ0) is 16.8. The van der Waals surface area contributed by atoms with E-state index in [4.69, 9.17) is 0 Å². The summed E-state index contributed by atoms with van der Waals surface area (Å²) in [5.74, 6) is -0.239. The Bertz CT molecular complexity index is 755. The normalized spacial score (nSPS) is 11.7. The highest BCUT2D eigenvalue weighted by atomic mass is 16.6. The fourth-order valence-corrected chi connectivity index (χ4v) is 2.13. The van der Waals surface area contributed by atoms with Crippen LogP contribution in [0.3, 0.4) is 0 Å². The van der Waals surface area contributed by atoms with Crippen molar-refractivity contribution in [3.05, 3.63) is 74.7 Å². The molecule has 1 unspecified atom stereocenters. The summed E-state index contributed by atoms with van der Waals surface area (Å²) in [6.07, 6.45) is 1.07. The van der Waals surface area contributed by atoms with Gasteiger partial charge in [0, 0.05) is 18.7 Å². The maximum atomic E-state index is 11.9. The molecule has 1 atom stereocenters. The van der Waals surface area contributed by atoms with Gasteiger partial charge in [0.1, 0.15) is 6.54 Å². The summed E-state index contributed by atoms with van der Waals surface area (Å²) < 4.78 is 1.03. The van der Waals surface area contributed by atoms with Crippen LogP contribution in [0.1, 0.15) is 18.4 Å². The lowest BCUT2D eigenvalue weighted by Gasteiger charge is -2.13. The summed E-state index contributed by atoms with van der Waals surface area (Å²) in [4.78, 5) is 33.7. The average molecular weight is 315 g/mol. The molecule has 120 valence electrons. The highest BCUT2D eigenvalue weighted by Crippen LogP contribution is 2.13. The number of hydrogen-bond donors (Lipinski definition) is 1. The van der Waals surface area contributed by atoms with E-state index in [1.807, 2.05) is 37.3 Å². The number of carbonyl (C=O) groups excluding carboxylic acids is 1. The second kappa shape index (κ2) is 7.35. The van der Waals surface area contributed by atoms with Gasteiger partial charge >= 0.3 is 0 Å². The molecule has 0 aliphatic heterocycles. The van der Waals surface area contributed by atoms with Gasteiger partial charge in [0.05, 0.1) is 11.1 Å². The molecule has 0 radical (unpaired) electrons. The van der Waals surface area contributed by atoms with Crippen molar-refractivity contribution in [3.63, 3.8) is 0 Å². The third kappa shape index (κ3) is 4.50. The first-order chi connectivity index (χ1) is 11.0. The van der Waals surface area contributed by atoms with Crippen molar-refractivity contribution in [1.29, 1.82) is 0 Å². The van der Waals surface area contributed by atoms with Crippen LogP contribution in [0.25, 0.3) is 0 Å². The molecular weight excluding hydrogens is 298 g/mol. The molecule has 2 aromatic rings. The van der Waals surface area contributed by atoms with E-state index in [0.29, 0.717) is 6.54 Å². The SMILES string of the molecule is CC(CNC(=O)Cn1cc([N+](=O)[O-])ccc1=O)c1ccccc1. The number of amides is 1. The number of pyridine rings is 1. The van der Waals surface area contributed by atoms with Crippen LogP contribution in [0.15, 0.2) is 53.5 Å². The van der Waals surface area contributed by atoms with Crippen LogP contribution < -0.4 is 10.9 Å². The summed E-state index contributed by atoms with van der Waals surface area (Å²) in [5, 5.41) is 13.4. The molecule has 0 spiro atoms. The van der Waals surface area contributed by atoms with Gasteiger partial charge in [-0.05, 0) is 11.5 Å². The van der Waals surface area contributed by atoms with E-state index in [1.54, 1.807) is 0 Å². The van der Waals surface area contributed by atoms with E-state index in [-0.39, 0.29) is 24.1 Å². The van der Waals surface area contributed by atoms with Gasteiger partial charge in [-0.1, -0.05) is 37.3 Å². The van der Waals surface area contributed by atoms with Crippen molar-refractivity contribution in [2.24, 2.45) is 0 Å². The molecule has 1 N–H and O–H groups in total. The first-order valence-electron chi connectivity index (χ1n) is 7.14. The molecule has 0 fully saturated rings. The molecule has 1 aromatic carbocycles. The quantitative estimate of drug-likeness (QED) is 0.648. The van der Waals surface area contributed by atoms with E-state index in [0.717, 1.165) is 28.5 Å². The van der Waals surface area contributed by atoms with Gasteiger partial charge in [-0.3, -0.25) is 24.3 Å². The van der Waals surface area contributed by atoms with Crippen LogP contribution in [0.2, 0.25) is 0 Å². The van der Waals surface area contributed by atoms with Crippen LogP contribution in [-0.4, -0.2) is 21.9 Å². The third-order valence-corrected chi connectivity index (χ3v) is 3.47. The number of nitrogens with one attached hydrogen (secondary N) is 1. The van der Waals surface area contributed by atoms with Crippen LogP contribution in [-0.2, 0) is 11.3 Å². The Hall–Kier alpha value is -2.96. The minimum absolute atomic E-state index is 0.127. The number of carbonyl (C=O) groups is 1. The molecule has 7 heteroatoms. The van der Waals surface area contributed by atoms with Crippen molar-refractivity contribution < 1.29 is 9.72 Å². The van der Waals surface area contributed by atoms with Crippen molar-refractivity contribution in [1.82, 2.24) is 9.88 Å². The van der Waals surface area contributed by atoms with E-state index < -0.39 is 10.5 Å². The Morgan fingerprint density at radius 1 is 1.26 bits per heavy atom. The molecule has 2 rings (SSSR count). The first-order valence-corrected chi connectivity index (χ1v) is 7.14. The summed E-state index contributed by atoms with van der Waals surface area (Å²) in [5.41, 5.74) is 0.414. The largest absolute Gasteiger partial charge is 0.354 e.